The number of likely N-dealkylation sites (N-methyl/N-ethyl adjacent to an activating group) is 1. The van der Waals surface area contributed by atoms with E-state index in [0.717, 1.165) is 11.4 Å². The minimum Gasteiger partial charge on any atom is -0.497 e. The van der Waals surface area contributed by atoms with E-state index in [0.29, 0.717) is 17.4 Å². The average molecular weight is 320 g/mol. The highest BCUT2D eigenvalue weighted by Crippen LogP contribution is 2.22. The second kappa shape index (κ2) is 7.77. The maximum Gasteiger partial charge on any atom is 0.270 e. The molecule has 0 aliphatic heterocycles. The lowest BCUT2D eigenvalue weighted by molar-refractivity contribution is 0.0946. The number of nitrogens with one attached hydrogen (secondary N) is 3. The minimum absolute atomic E-state index is 0.166. The lowest BCUT2D eigenvalue weighted by atomic mass is 10.3. The standard InChI is InChI=1S/C15H20N4O2S/c1-10(16-2)8-17-14(20)13-9-22-15(19-13)18-11-4-6-12(21-3)7-5-11/h4-7,9-10,16H,8H2,1-3H3,(H,17,20)(H,18,19). The Kier molecular flexibility index (Phi) is 5.74. The lowest BCUT2D eigenvalue weighted by Crippen LogP contribution is -2.37. The topological polar surface area (TPSA) is 75.3 Å². The third-order valence-electron chi connectivity index (χ3n) is 3.14. The van der Waals surface area contributed by atoms with Gasteiger partial charge in [0.2, 0.25) is 0 Å². The van der Waals surface area contributed by atoms with Gasteiger partial charge in [0.05, 0.1) is 7.11 Å². The maximum absolute atomic E-state index is 12.0. The number of nitrogens with zero attached hydrogens (tertiary/aromatic N) is 1. The van der Waals surface area contributed by atoms with Gasteiger partial charge in [-0.15, -0.1) is 11.3 Å². The summed E-state index contributed by atoms with van der Waals surface area (Å²) >= 11 is 1.39. The molecule has 1 amide bonds. The highest BCUT2D eigenvalue weighted by Gasteiger charge is 2.11. The zero-order valence-electron chi connectivity index (χ0n) is 12.8. The first-order chi connectivity index (χ1) is 10.6. The molecule has 2 aromatic rings. The Morgan fingerprint density at radius 2 is 2.09 bits per heavy atom. The molecule has 1 heterocycles. The molecular weight excluding hydrogens is 300 g/mol. The fraction of sp³-hybridized carbons (Fsp3) is 0.333. The lowest BCUT2D eigenvalue weighted by Gasteiger charge is -2.10. The molecule has 6 nitrogen and oxygen atoms in total. The second-order valence-electron chi connectivity index (χ2n) is 4.79. The number of hydrogen-bond acceptors (Lipinski definition) is 6. The van der Waals surface area contributed by atoms with Gasteiger partial charge in [-0.1, -0.05) is 0 Å². The van der Waals surface area contributed by atoms with E-state index in [1.165, 1.54) is 11.3 Å². The van der Waals surface area contributed by atoms with Crippen molar-refractivity contribution in [3.63, 3.8) is 0 Å². The first-order valence-electron chi connectivity index (χ1n) is 6.94. The van der Waals surface area contributed by atoms with Crippen molar-refractivity contribution < 1.29 is 9.53 Å². The number of thiazole rings is 1. The Bertz CT molecular complexity index is 612. The number of carbonyl (C=O) groups is 1. The molecule has 0 saturated carbocycles. The summed E-state index contributed by atoms with van der Waals surface area (Å²) in [5.74, 6) is 0.629. The average Bonchev–Trinajstić information content (AvgIpc) is 3.01. The van der Waals surface area contributed by atoms with Crippen LogP contribution in [0.1, 0.15) is 17.4 Å². The van der Waals surface area contributed by atoms with Crippen molar-refractivity contribution in [2.24, 2.45) is 0 Å². The van der Waals surface area contributed by atoms with E-state index in [1.54, 1.807) is 12.5 Å². The van der Waals surface area contributed by atoms with Crippen LogP contribution in [0.3, 0.4) is 0 Å². The predicted molar refractivity (Wildman–Crippen MR) is 89.2 cm³/mol. The van der Waals surface area contributed by atoms with Crippen molar-refractivity contribution in [2.45, 2.75) is 13.0 Å². The number of carbonyl (C=O) groups excluding carboxylic acids is 1. The van der Waals surface area contributed by atoms with Gasteiger partial charge in [-0.05, 0) is 38.2 Å². The number of amides is 1. The summed E-state index contributed by atoms with van der Waals surface area (Å²) in [5, 5.41) is 11.5. The molecule has 0 bridgehead atoms. The molecule has 0 aliphatic rings. The quantitative estimate of drug-likeness (QED) is 0.729. The van der Waals surface area contributed by atoms with Gasteiger partial charge < -0.3 is 20.7 Å². The van der Waals surface area contributed by atoms with Crippen LogP contribution >= 0.6 is 11.3 Å². The summed E-state index contributed by atoms with van der Waals surface area (Å²) in [6, 6.07) is 7.74. The predicted octanol–water partition coefficient (Wildman–Crippen LogP) is 2.23. The second-order valence-corrected chi connectivity index (χ2v) is 5.65. The zero-order valence-corrected chi connectivity index (χ0v) is 13.7. The Balaban J connectivity index is 1.94. The van der Waals surface area contributed by atoms with Crippen molar-refractivity contribution in [3.05, 3.63) is 35.3 Å². The summed E-state index contributed by atoms with van der Waals surface area (Å²) in [5.41, 5.74) is 1.32. The monoisotopic (exact) mass is 320 g/mol. The zero-order chi connectivity index (χ0) is 15.9. The van der Waals surface area contributed by atoms with E-state index >= 15 is 0 Å². The smallest absolute Gasteiger partial charge is 0.270 e. The highest BCUT2D eigenvalue weighted by molar-refractivity contribution is 7.14. The minimum atomic E-state index is -0.166. The molecule has 1 aromatic heterocycles. The van der Waals surface area contributed by atoms with Crippen LogP contribution in [0.15, 0.2) is 29.6 Å². The molecule has 0 saturated heterocycles. The van der Waals surface area contributed by atoms with Gasteiger partial charge >= 0.3 is 0 Å². The van der Waals surface area contributed by atoms with Gasteiger partial charge in [-0.2, -0.15) is 0 Å². The fourth-order valence-corrected chi connectivity index (χ4v) is 2.38. The summed E-state index contributed by atoms with van der Waals surface area (Å²) in [4.78, 5) is 16.3. The molecule has 7 heteroatoms. The number of benzene rings is 1. The van der Waals surface area contributed by atoms with Crippen LogP contribution in [0, 0.1) is 0 Å². The van der Waals surface area contributed by atoms with Crippen LogP contribution in [-0.4, -0.2) is 37.6 Å². The molecule has 2 rings (SSSR count). The van der Waals surface area contributed by atoms with Crippen molar-refractivity contribution in [2.75, 3.05) is 26.0 Å². The van der Waals surface area contributed by atoms with E-state index < -0.39 is 0 Å². The van der Waals surface area contributed by atoms with Crippen molar-refractivity contribution in [1.29, 1.82) is 0 Å². The third kappa shape index (κ3) is 4.44. The molecule has 0 fully saturated rings. The molecule has 1 unspecified atom stereocenters. The summed E-state index contributed by atoms with van der Waals surface area (Å²) in [6.07, 6.45) is 0. The highest BCUT2D eigenvalue weighted by atomic mass is 32.1. The van der Waals surface area contributed by atoms with Gasteiger partial charge in [0, 0.05) is 23.7 Å². The molecule has 1 aromatic carbocycles. The molecule has 0 spiro atoms. The molecular formula is C15H20N4O2S. The van der Waals surface area contributed by atoms with Crippen LogP contribution in [-0.2, 0) is 0 Å². The van der Waals surface area contributed by atoms with E-state index in [4.69, 9.17) is 4.74 Å². The van der Waals surface area contributed by atoms with Crippen LogP contribution in [0.25, 0.3) is 0 Å². The number of rotatable bonds is 7. The third-order valence-corrected chi connectivity index (χ3v) is 3.90. The Hall–Kier alpha value is -2.12. The van der Waals surface area contributed by atoms with Gasteiger partial charge in [0.15, 0.2) is 5.13 Å². The van der Waals surface area contributed by atoms with Crippen LogP contribution in [0.2, 0.25) is 0 Å². The van der Waals surface area contributed by atoms with Gasteiger partial charge in [0.1, 0.15) is 11.4 Å². The number of aromatic nitrogens is 1. The van der Waals surface area contributed by atoms with E-state index in [2.05, 4.69) is 20.9 Å². The molecule has 1 atom stereocenters. The van der Waals surface area contributed by atoms with Crippen molar-refractivity contribution in [3.8, 4) is 5.75 Å². The number of anilines is 2. The van der Waals surface area contributed by atoms with E-state index in [9.17, 15) is 4.79 Å². The largest absolute Gasteiger partial charge is 0.497 e. The molecule has 0 aliphatic carbocycles. The SMILES string of the molecule is CNC(C)CNC(=O)c1csc(Nc2ccc(OC)cc2)n1. The molecule has 22 heavy (non-hydrogen) atoms. The Morgan fingerprint density at radius 3 is 2.73 bits per heavy atom. The van der Waals surface area contributed by atoms with Crippen LogP contribution in [0.5, 0.6) is 5.75 Å². The molecule has 3 N–H and O–H groups in total. The summed E-state index contributed by atoms with van der Waals surface area (Å²) < 4.78 is 5.11. The van der Waals surface area contributed by atoms with Gasteiger partial charge in [0.25, 0.3) is 5.91 Å². The van der Waals surface area contributed by atoms with E-state index in [-0.39, 0.29) is 11.9 Å². The first-order valence-corrected chi connectivity index (χ1v) is 7.82. The fourth-order valence-electron chi connectivity index (χ4n) is 1.67. The van der Waals surface area contributed by atoms with Gasteiger partial charge in [-0.3, -0.25) is 4.79 Å². The van der Waals surface area contributed by atoms with Crippen LogP contribution < -0.4 is 20.7 Å². The number of hydrogen-bond donors (Lipinski definition) is 3. The molecule has 0 radical (unpaired) electrons. The normalized spacial score (nSPS) is 11.8. The molecule has 118 valence electrons. The van der Waals surface area contributed by atoms with Crippen molar-refractivity contribution in [1.82, 2.24) is 15.6 Å². The summed E-state index contributed by atoms with van der Waals surface area (Å²) in [6.45, 7) is 2.56. The van der Waals surface area contributed by atoms with Crippen LogP contribution in [0.4, 0.5) is 10.8 Å². The number of ether oxygens (including phenoxy) is 1. The Morgan fingerprint density at radius 1 is 1.36 bits per heavy atom. The van der Waals surface area contributed by atoms with Gasteiger partial charge in [-0.25, -0.2) is 4.98 Å². The summed E-state index contributed by atoms with van der Waals surface area (Å²) in [7, 11) is 3.49. The first kappa shape index (κ1) is 16.3. The number of methoxy groups -OCH3 is 1. The Labute approximate surface area is 133 Å². The van der Waals surface area contributed by atoms with E-state index in [1.807, 2.05) is 38.2 Å². The van der Waals surface area contributed by atoms with Crippen molar-refractivity contribution >= 4 is 28.1 Å². The maximum atomic E-state index is 12.0.